The zero-order valence-electron chi connectivity index (χ0n) is 7.47. The predicted octanol–water partition coefficient (Wildman–Crippen LogP) is 2.86. The summed E-state index contributed by atoms with van der Waals surface area (Å²) in [5.74, 6) is 0. The van der Waals surface area contributed by atoms with E-state index in [2.05, 4.69) is 27.0 Å². The Morgan fingerprint density at radius 1 is 1.58 bits per heavy atom. The van der Waals surface area contributed by atoms with Gasteiger partial charge >= 0.3 is 0 Å². The van der Waals surface area contributed by atoms with E-state index in [0.717, 1.165) is 15.7 Å². The molecule has 0 spiro atoms. The molecule has 1 heterocycles. The van der Waals surface area contributed by atoms with Crippen LogP contribution in [0.25, 0.3) is 0 Å². The van der Waals surface area contributed by atoms with E-state index in [4.69, 9.17) is 4.74 Å². The van der Waals surface area contributed by atoms with Crippen LogP contribution in [0.5, 0.6) is 0 Å². The van der Waals surface area contributed by atoms with Crippen LogP contribution in [0, 0.1) is 6.92 Å². The van der Waals surface area contributed by atoms with Crippen LogP contribution >= 0.6 is 15.9 Å². The average molecular weight is 230 g/mol. The maximum atomic E-state index is 5.18. The number of aryl methyl sites for hydroxylation is 1. The van der Waals surface area contributed by atoms with Crippen LogP contribution in [0.3, 0.4) is 0 Å². The topological polar surface area (TPSA) is 22.1 Å². The third kappa shape index (κ3) is 2.05. The van der Waals surface area contributed by atoms with Gasteiger partial charge in [-0.05, 0) is 47.0 Å². The summed E-state index contributed by atoms with van der Waals surface area (Å²) < 4.78 is 6.07. The van der Waals surface area contributed by atoms with E-state index in [1.165, 1.54) is 0 Å². The monoisotopic (exact) mass is 229 g/mol. The lowest BCUT2D eigenvalue weighted by atomic mass is 10.1. The Bertz CT molecular complexity index is 275. The van der Waals surface area contributed by atoms with Crippen molar-refractivity contribution in [2.24, 2.45) is 0 Å². The number of halogens is 1. The summed E-state index contributed by atoms with van der Waals surface area (Å²) >= 11 is 3.35. The number of ether oxygens (including phenoxy) is 1. The minimum absolute atomic E-state index is 0.115. The van der Waals surface area contributed by atoms with Gasteiger partial charge in [-0.25, -0.2) is 4.98 Å². The summed E-state index contributed by atoms with van der Waals surface area (Å²) in [5, 5.41) is 0. The Morgan fingerprint density at radius 2 is 2.25 bits per heavy atom. The van der Waals surface area contributed by atoms with E-state index in [-0.39, 0.29) is 6.10 Å². The predicted molar refractivity (Wildman–Crippen MR) is 52.1 cm³/mol. The van der Waals surface area contributed by atoms with E-state index in [1.807, 2.05) is 20.0 Å². The first-order chi connectivity index (χ1) is 5.65. The van der Waals surface area contributed by atoms with Crippen LogP contribution in [0.1, 0.15) is 24.2 Å². The van der Waals surface area contributed by atoms with Crippen molar-refractivity contribution in [1.29, 1.82) is 0 Å². The molecule has 1 atom stereocenters. The first kappa shape index (κ1) is 9.68. The molecule has 1 unspecified atom stereocenters. The van der Waals surface area contributed by atoms with Crippen molar-refractivity contribution in [1.82, 2.24) is 4.98 Å². The molecule has 12 heavy (non-hydrogen) atoms. The molecule has 1 aromatic rings. The molecule has 0 N–H and O–H groups in total. The first-order valence-corrected chi connectivity index (χ1v) is 4.59. The van der Waals surface area contributed by atoms with E-state index in [0.29, 0.717) is 0 Å². The second-order valence-electron chi connectivity index (χ2n) is 2.75. The van der Waals surface area contributed by atoms with Gasteiger partial charge in [-0.1, -0.05) is 0 Å². The third-order valence-electron chi connectivity index (χ3n) is 1.86. The Labute approximate surface area is 81.1 Å². The summed E-state index contributed by atoms with van der Waals surface area (Å²) in [6, 6.07) is 2.07. The molecule has 0 aromatic carbocycles. The highest BCUT2D eigenvalue weighted by Crippen LogP contribution is 2.19. The molecule has 0 bridgehead atoms. The van der Waals surface area contributed by atoms with E-state index in [1.54, 1.807) is 7.11 Å². The van der Waals surface area contributed by atoms with Crippen LogP contribution in [-0.2, 0) is 4.74 Å². The van der Waals surface area contributed by atoms with E-state index in [9.17, 15) is 0 Å². The Morgan fingerprint density at radius 3 is 2.75 bits per heavy atom. The molecule has 0 radical (unpaired) electrons. The fraction of sp³-hybridized carbons (Fsp3) is 0.444. The largest absolute Gasteiger partial charge is 0.377 e. The zero-order valence-corrected chi connectivity index (χ0v) is 9.05. The lowest BCUT2D eigenvalue weighted by molar-refractivity contribution is 0.119. The molecule has 0 saturated heterocycles. The van der Waals surface area contributed by atoms with Gasteiger partial charge in [-0.3, -0.25) is 0 Å². The standard InChI is InChI=1S/C9H12BrNO/c1-6-4-8(7(2)12-3)5-11-9(6)10/h4-5,7H,1-3H3. The molecule has 0 aliphatic heterocycles. The van der Waals surface area contributed by atoms with Gasteiger partial charge in [-0.2, -0.15) is 0 Å². The van der Waals surface area contributed by atoms with Crippen LogP contribution in [-0.4, -0.2) is 12.1 Å². The minimum atomic E-state index is 0.115. The Kier molecular flexibility index (Phi) is 3.23. The van der Waals surface area contributed by atoms with Crippen molar-refractivity contribution in [2.75, 3.05) is 7.11 Å². The molecule has 0 amide bonds. The molecular formula is C9H12BrNO. The maximum Gasteiger partial charge on any atom is 0.108 e. The fourth-order valence-electron chi connectivity index (χ4n) is 0.938. The van der Waals surface area contributed by atoms with Crippen LogP contribution in [0.2, 0.25) is 0 Å². The van der Waals surface area contributed by atoms with E-state index >= 15 is 0 Å². The number of hydrogen-bond acceptors (Lipinski definition) is 2. The molecule has 2 nitrogen and oxygen atoms in total. The van der Waals surface area contributed by atoms with Crippen molar-refractivity contribution < 1.29 is 4.74 Å². The summed E-state index contributed by atoms with van der Waals surface area (Å²) in [6.45, 7) is 4.02. The van der Waals surface area contributed by atoms with Crippen molar-refractivity contribution in [3.8, 4) is 0 Å². The number of pyridine rings is 1. The van der Waals surface area contributed by atoms with Gasteiger partial charge in [0.15, 0.2) is 0 Å². The van der Waals surface area contributed by atoms with Crippen molar-refractivity contribution in [3.63, 3.8) is 0 Å². The van der Waals surface area contributed by atoms with Gasteiger partial charge in [0.25, 0.3) is 0 Å². The molecule has 0 saturated carbocycles. The highest BCUT2D eigenvalue weighted by atomic mass is 79.9. The van der Waals surface area contributed by atoms with Gasteiger partial charge in [-0.15, -0.1) is 0 Å². The van der Waals surface area contributed by atoms with Crippen LogP contribution in [0.4, 0.5) is 0 Å². The molecule has 0 aliphatic rings. The molecule has 3 heteroatoms. The minimum Gasteiger partial charge on any atom is -0.377 e. The lowest BCUT2D eigenvalue weighted by Gasteiger charge is -2.09. The fourth-order valence-corrected chi connectivity index (χ4v) is 1.16. The molecule has 66 valence electrons. The lowest BCUT2D eigenvalue weighted by Crippen LogP contribution is -1.97. The van der Waals surface area contributed by atoms with Crippen LogP contribution < -0.4 is 0 Å². The van der Waals surface area contributed by atoms with Crippen molar-refractivity contribution in [3.05, 3.63) is 28.0 Å². The highest BCUT2D eigenvalue weighted by molar-refractivity contribution is 9.10. The van der Waals surface area contributed by atoms with Gasteiger partial charge in [0.05, 0.1) is 6.10 Å². The quantitative estimate of drug-likeness (QED) is 0.729. The Hall–Kier alpha value is -0.410. The summed E-state index contributed by atoms with van der Waals surface area (Å²) in [4.78, 5) is 4.18. The number of rotatable bonds is 2. The summed E-state index contributed by atoms with van der Waals surface area (Å²) in [5.41, 5.74) is 2.24. The molecule has 1 aromatic heterocycles. The average Bonchev–Trinajstić information content (AvgIpc) is 2.08. The van der Waals surface area contributed by atoms with Gasteiger partial charge in [0.2, 0.25) is 0 Å². The smallest absolute Gasteiger partial charge is 0.108 e. The molecule has 0 fully saturated rings. The normalized spacial score (nSPS) is 13.0. The zero-order chi connectivity index (χ0) is 9.14. The molecular weight excluding hydrogens is 218 g/mol. The molecule has 0 aliphatic carbocycles. The third-order valence-corrected chi connectivity index (χ3v) is 2.69. The van der Waals surface area contributed by atoms with Gasteiger partial charge in [0.1, 0.15) is 4.60 Å². The molecule has 1 rings (SSSR count). The second-order valence-corrected chi connectivity index (χ2v) is 3.51. The number of methoxy groups -OCH3 is 1. The van der Waals surface area contributed by atoms with E-state index < -0.39 is 0 Å². The maximum absolute atomic E-state index is 5.18. The number of nitrogens with zero attached hydrogens (tertiary/aromatic N) is 1. The number of hydrogen-bond donors (Lipinski definition) is 0. The van der Waals surface area contributed by atoms with Gasteiger partial charge in [0, 0.05) is 13.3 Å². The SMILES string of the molecule is COC(C)c1cnc(Br)c(C)c1. The first-order valence-electron chi connectivity index (χ1n) is 3.80. The van der Waals surface area contributed by atoms with Crippen molar-refractivity contribution >= 4 is 15.9 Å². The van der Waals surface area contributed by atoms with Crippen molar-refractivity contribution in [2.45, 2.75) is 20.0 Å². The van der Waals surface area contributed by atoms with Gasteiger partial charge < -0.3 is 4.74 Å². The number of aromatic nitrogens is 1. The highest BCUT2D eigenvalue weighted by Gasteiger charge is 2.05. The Balaban J connectivity index is 2.96. The summed E-state index contributed by atoms with van der Waals surface area (Å²) in [7, 11) is 1.70. The summed E-state index contributed by atoms with van der Waals surface area (Å²) in [6.07, 6.45) is 1.94. The second kappa shape index (κ2) is 4.01. The van der Waals surface area contributed by atoms with Crippen LogP contribution in [0.15, 0.2) is 16.9 Å².